The number of hydrogen-bond donors (Lipinski definition) is 1. The first-order valence-electron chi connectivity index (χ1n) is 8.03. The van der Waals surface area contributed by atoms with Crippen LogP contribution in [0.1, 0.15) is 43.4 Å². The summed E-state index contributed by atoms with van der Waals surface area (Å²) >= 11 is 0. The van der Waals surface area contributed by atoms with Crippen LogP contribution in [0.15, 0.2) is 4.52 Å². The molecule has 1 saturated heterocycles. The van der Waals surface area contributed by atoms with Gasteiger partial charge in [0, 0.05) is 26.1 Å². The molecule has 1 aromatic heterocycles. The third-order valence-electron chi connectivity index (χ3n) is 5.61. The maximum atomic E-state index is 5.52. The molecule has 2 aliphatic carbocycles. The molecule has 3 fully saturated rings. The molecule has 2 bridgehead atoms. The van der Waals surface area contributed by atoms with E-state index in [1.54, 1.807) is 0 Å². The molecule has 3 aliphatic rings. The summed E-state index contributed by atoms with van der Waals surface area (Å²) in [5.41, 5.74) is 0. The Balaban J connectivity index is 1.42. The van der Waals surface area contributed by atoms with E-state index < -0.39 is 0 Å². The van der Waals surface area contributed by atoms with E-state index in [1.165, 1.54) is 25.7 Å². The summed E-state index contributed by atoms with van der Waals surface area (Å²) in [4.78, 5) is 6.98. The summed E-state index contributed by atoms with van der Waals surface area (Å²) in [6.07, 6.45) is 6.70. The van der Waals surface area contributed by atoms with Gasteiger partial charge in [0.25, 0.3) is 0 Å². The Hall–Kier alpha value is -0.940. The van der Waals surface area contributed by atoms with Gasteiger partial charge in [-0.1, -0.05) is 11.6 Å². The highest BCUT2D eigenvalue weighted by atomic mass is 16.5. The third-order valence-corrected chi connectivity index (χ3v) is 5.61. The first-order valence-corrected chi connectivity index (χ1v) is 8.03. The molecule has 20 heavy (non-hydrogen) atoms. The summed E-state index contributed by atoms with van der Waals surface area (Å²) in [7, 11) is 2.14. The molecule has 4 unspecified atom stereocenters. The lowest BCUT2D eigenvalue weighted by Gasteiger charge is -2.30. The maximum Gasteiger partial charge on any atom is 0.226 e. The zero-order valence-electron chi connectivity index (χ0n) is 12.2. The molecule has 0 radical (unpaired) electrons. The SMILES string of the molecule is CN1CCNCC1c1noc(CC2CC3CCC2C3)n1. The Morgan fingerprint density at radius 2 is 2.30 bits per heavy atom. The van der Waals surface area contributed by atoms with Crippen LogP contribution in [0.25, 0.3) is 0 Å². The first-order chi connectivity index (χ1) is 9.79. The molecule has 1 aromatic rings. The van der Waals surface area contributed by atoms with Gasteiger partial charge in [0.15, 0.2) is 5.82 Å². The summed E-state index contributed by atoms with van der Waals surface area (Å²) in [6, 6.07) is 0.265. The molecule has 2 saturated carbocycles. The molecule has 2 heterocycles. The highest BCUT2D eigenvalue weighted by Gasteiger charge is 2.40. The van der Waals surface area contributed by atoms with Gasteiger partial charge < -0.3 is 9.84 Å². The summed E-state index contributed by atoms with van der Waals surface area (Å²) in [5, 5.41) is 7.63. The predicted molar refractivity (Wildman–Crippen MR) is 75.2 cm³/mol. The Morgan fingerprint density at radius 1 is 1.35 bits per heavy atom. The van der Waals surface area contributed by atoms with E-state index in [1.807, 2.05) is 0 Å². The maximum absolute atomic E-state index is 5.52. The number of aromatic nitrogens is 2. The zero-order valence-corrected chi connectivity index (χ0v) is 12.2. The van der Waals surface area contributed by atoms with Gasteiger partial charge >= 0.3 is 0 Å². The van der Waals surface area contributed by atoms with Crippen molar-refractivity contribution in [3.8, 4) is 0 Å². The topological polar surface area (TPSA) is 54.2 Å². The Kier molecular flexibility index (Phi) is 3.27. The van der Waals surface area contributed by atoms with Gasteiger partial charge in [-0.2, -0.15) is 4.98 Å². The molecule has 1 aliphatic heterocycles. The average molecular weight is 276 g/mol. The summed E-state index contributed by atoms with van der Waals surface area (Å²) in [6.45, 7) is 3.01. The molecular formula is C15H24N4O. The van der Waals surface area contributed by atoms with Crippen molar-refractivity contribution < 1.29 is 4.52 Å². The van der Waals surface area contributed by atoms with Crippen molar-refractivity contribution >= 4 is 0 Å². The summed E-state index contributed by atoms with van der Waals surface area (Å²) < 4.78 is 5.52. The molecule has 5 heteroatoms. The van der Waals surface area contributed by atoms with E-state index in [0.717, 1.165) is 55.5 Å². The fourth-order valence-electron chi connectivity index (χ4n) is 4.43. The van der Waals surface area contributed by atoms with Crippen LogP contribution in [-0.4, -0.2) is 41.7 Å². The van der Waals surface area contributed by atoms with Crippen LogP contribution in [0.3, 0.4) is 0 Å². The van der Waals surface area contributed by atoms with Crippen molar-refractivity contribution in [3.63, 3.8) is 0 Å². The van der Waals surface area contributed by atoms with Crippen molar-refractivity contribution in [1.29, 1.82) is 0 Å². The van der Waals surface area contributed by atoms with Crippen LogP contribution >= 0.6 is 0 Å². The molecule has 1 N–H and O–H groups in total. The predicted octanol–water partition coefficient (Wildman–Crippen LogP) is 1.62. The second-order valence-corrected chi connectivity index (χ2v) is 6.89. The van der Waals surface area contributed by atoms with Crippen molar-refractivity contribution in [1.82, 2.24) is 20.4 Å². The minimum Gasteiger partial charge on any atom is -0.339 e. The average Bonchev–Trinajstić information content (AvgIpc) is 3.16. The smallest absolute Gasteiger partial charge is 0.226 e. The molecule has 0 aromatic carbocycles. The van der Waals surface area contributed by atoms with Gasteiger partial charge in [-0.25, -0.2) is 0 Å². The Morgan fingerprint density at radius 3 is 3.05 bits per heavy atom. The van der Waals surface area contributed by atoms with Gasteiger partial charge in [0.1, 0.15) is 0 Å². The van der Waals surface area contributed by atoms with Crippen molar-refractivity contribution in [3.05, 3.63) is 11.7 Å². The fraction of sp³-hybridized carbons (Fsp3) is 0.867. The van der Waals surface area contributed by atoms with Crippen LogP contribution in [-0.2, 0) is 6.42 Å². The minimum absolute atomic E-state index is 0.265. The van der Waals surface area contributed by atoms with Crippen LogP contribution < -0.4 is 5.32 Å². The van der Waals surface area contributed by atoms with E-state index in [2.05, 4.69) is 27.4 Å². The summed E-state index contributed by atoms with van der Waals surface area (Å²) in [5.74, 6) is 4.43. The molecule has 4 rings (SSSR count). The van der Waals surface area contributed by atoms with Gasteiger partial charge in [-0.15, -0.1) is 0 Å². The molecular weight excluding hydrogens is 252 g/mol. The molecule has 5 nitrogen and oxygen atoms in total. The van der Waals surface area contributed by atoms with Crippen LogP contribution in [0.4, 0.5) is 0 Å². The standard InChI is InChI=1S/C15H24N4O/c1-19-5-4-16-9-13(19)15-17-14(20-18-15)8-12-7-10-2-3-11(12)6-10/h10-13,16H,2-9H2,1H3. The first kappa shape index (κ1) is 12.8. The van der Waals surface area contributed by atoms with E-state index >= 15 is 0 Å². The van der Waals surface area contributed by atoms with Crippen molar-refractivity contribution in [2.75, 3.05) is 26.7 Å². The van der Waals surface area contributed by atoms with E-state index in [9.17, 15) is 0 Å². The molecule has 0 spiro atoms. The van der Waals surface area contributed by atoms with Crippen LogP contribution in [0, 0.1) is 17.8 Å². The monoisotopic (exact) mass is 276 g/mol. The highest BCUT2D eigenvalue weighted by Crippen LogP contribution is 2.49. The van der Waals surface area contributed by atoms with Gasteiger partial charge in [0.05, 0.1) is 6.04 Å². The van der Waals surface area contributed by atoms with Crippen LogP contribution in [0.2, 0.25) is 0 Å². The van der Waals surface area contributed by atoms with Gasteiger partial charge in [0.2, 0.25) is 5.89 Å². The van der Waals surface area contributed by atoms with Gasteiger partial charge in [-0.05, 0) is 44.1 Å². The highest BCUT2D eigenvalue weighted by molar-refractivity contribution is 5.00. The number of rotatable bonds is 3. The quantitative estimate of drug-likeness (QED) is 0.909. The molecule has 0 amide bonds. The van der Waals surface area contributed by atoms with Crippen LogP contribution in [0.5, 0.6) is 0 Å². The molecule has 4 atom stereocenters. The normalized spacial score (nSPS) is 37.6. The third kappa shape index (κ3) is 2.27. The number of nitrogens with zero attached hydrogens (tertiary/aromatic N) is 3. The van der Waals surface area contributed by atoms with Crippen molar-refractivity contribution in [2.24, 2.45) is 17.8 Å². The number of hydrogen-bond acceptors (Lipinski definition) is 5. The number of likely N-dealkylation sites (N-methyl/N-ethyl adjacent to an activating group) is 1. The lowest BCUT2D eigenvalue weighted by Crippen LogP contribution is -2.44. The largest absolute Gasteiger partial charge is 0.339 e. The van der Waals surface area contributed by atoms with Crippen molar-refractivity contribution in [2.45, 2.75) is 38.1 Å². The zero-order chi connectivity index (χ0) is 13.5. The lowest BCUT2D eigenvalue weighted by atomic mass is 9.86. The van der Waals surface area contributed by atoms with E-state index in [4.69, 9.17) is 4.52 Å². The lowest BCUT2D eigenvalue weighted by molar-refractivity contribution is 0.190. The second kappa shape index (κ2) is 5.11. The minimum atomic E-state index is 0.265. The Labute approximate surface area is 120 Å². The fourth-order valence-corrected chi connectivity index (χ4v) is 4.43. The van der Waals surface area contributed by atoms with E-state index in [-0.39, 0.29) is 6.04 Å². The van der Waals surface area contributed by atoms with E-state index in [0.29, 0.717) is 0 Å². The second-order valence-electron chi connectivity index (χ2n) is 6.89. The number of nitrogens with one attached hydrogen (secondary N) is 1. The number of piperazine rings is 1. The Bertz CT molecular complexity index is 474. The number of fused-ring (bicyclic) bond motifs is 2. The molecule has 110 valence electrons. The van der Waals surface area contributed by atoms with Gasteiger partial charge in [-0.3, -0.25) is 4.90 Å².